The van der Waals surface area contributed by atoms with Crippen LogP contribution in [-0.4, -0.2) is 52.1 Å². The number of carbonyl (C=O) groups excluding carboxylic acids is 1. The van der Waals surface area contributed by atoms with Crippen LogP contribution in [0.25, 0.3) is 11.6 Å². The van der Waals surface area contributed by atoms with Crippen LogP contribution in [0.1, 0.15) is 30.5 Å². The minimum atomic E-state index is -0.0148. The second kappa shape index (κ2) is 9.43. The Labute approximate surface area is 175 Å². The Balaban J connectivity index is 1.58. The fraction of sp³-hybridized carbons (Fsp3) is 0.429. The monoisotopic (exact) mass is 413 g/mol. The van der Waals surface area contributed by atoms with E-state index in [0.717, 1.165) is 17.0 Å². The van der Waals surface area contributed by atoms with Gasteiger partial charge in [-0.3, -0.25) is 9.48 Å². The van der Waals surface area contributed by atoms with Crippen LogP contribution in [0.2, 0.25) is 0 Å². The molecule has 9 heteroatoms. The predicted octanol–water partition coefficient (Wildman–Crippen LogP) is 2.87. The van der Waals surface area contributed by atoms with Gasteiger partial charge in [0.15, 0.2) is 11.5 Å². The van der Waals surface area contributed by atoms with Gasteiger partial charge < -0.3 is 18.8 Å². The van der Waals surface area contributed by atoms with Crippen LogP contribution in [0.4, 0.5) is 0 Å². The number of aryl methyl sites for hydroxylation is 3. The van der Waals surface area contributed by atoms with Gasteiger partial charge in [-0.25, -0.2) is 0 Å². The van der Waals surface area contributed by atoms with E-state index in [-0.39, 0.29) is 12.3 Å². The Hall–Kier alpha value is -3.36. The first-order chi connectivity index (χ1) is 14.4. The highest BCUT2D eigenvalue weighted by Gasteiger charge is 2.17. The molecule has 160 valence electrons. The van der Waals surface area contributed by atoms with Crippen molar-refractivity contribution in [2.45, 2.75) is 39.8 Å². The summed E-state index contributed by atoms with van der Waals surface area (Å²) in [7, 11) is 4.94. The average Bonchev–Trinajstić information content (AvgIpc) is 3.37. The summed E-state index contributed by atoms with van der Waals surface area (Å²) in [4.78, 5) is 14.2. The minimum Gasteiger partial charge on any atom is -0.493 e. The second-order valence-electron chi connectivity index (χ2n) is 6.93. The Morgan fingerprint density at radius 3 is 2.63 bits per heavy atom. The standard InChI is InChI=1S/C21H27N5O4/c1-6-26-16(11-14(2)24-26)21-23-22-19(30-21)9-10-20(27)25(3)13-15-7-8-17(28-4)18(12-15)29-5/h7-8,11-12H,6,9-10,13H2,1-5H3. The summed E-state index contributed by atoms with van der Waals surface area (Å²) < 4.78 is 18.1. The van der Waals surface area contributed by atoms with E-state index >= 15 is 0 Å². The summed E-state index contributed by atoms with van der Waals surface area (Å²) in [5, 5.41) is 12.6. The second-order valence-corrected chi connectivity index (χ2v) is 6.93. The summed E-state index contributed by atoms with van der Waals surface area (Å²) in [5.74, 6) is 2.12. The number of methoxy groups -OCH3 is 2. The molecule has 0 bridgehead atoms. The zero-order chi connectivity index (χ0) is 21.7. The number of aromatic nitrogens is 4. The summed E-state index contributed by atoms with van der Waals surface area (Å²) >= 11 is 0. The fourth-order valence-electron chi connectivity index (χ4n) is 3.16. The van der Waals surface area contributed by atoms with Crippen LogP contribution >= 0.6 is 0 Å². The van der Waals surface area contributed by atoms with Gasteiger partial charge in [0.05, 0.1) is 19.9 Å². The first kappa shape index (κ1) is 21.4. The Morgan fingerprint density at radius 2 is 1.93 bits per heavy atom. The summed E-state index contributed by atoms with van der Waals surface area (Å²) in [6.07, 6.45) is 0.652. The van der Waals surface area contributed by atoms with Crippen molar-refractivity contribution >= 4 is 5.91 Å². The zero-order valence-corrected chi connectivity index (χ0v) is 18.0. The lowest BCUT2D eigenvalue weighted by Gasteiger charge is -2.18. The van der Waals surface area contributed by atoms with E-state index in [1.807, 2.05) is 42.8 Å². The number of hydrogen-bond donors (Lipinski definition) is 0. The Bertz CT molecular complexity index is 1010. The smallest absolute Gasteiger partial charge is 0.265 e. The van der Waals surface area contributed by atoms with Crippen molar-refractivity contribution in [2.75, 3.05) is 21.3 Å². The van der Waals surface area contributed by atoms with Gasteiger partial charge in [-0.2, -0.15) is 5.10 Å². The molecule has 0 spiro atoms. The van der Waals surface area contributed by atoms with Gasteiger partial charge in [0.1, 0.15) is 5.69 Å². The van der Waals surface area contributed by atoms with Gasteiger partial charge in [0.2, 0.25) is 11.8 Å². The van der Waals surface area contributed by atoms with Crippen molar-refractivity contribution in [3.05, 3.63) is 41.4 Å². The molecule has 1 amide bonds. The maximum atomic E-state index is 12.5. The molecule has 0 unspecified atom stereocenters. The van der Waals surface area contributed by atoms with Gasteiger partial charge >= 0.3 is 0 Å². The van der Waals surface area contributed by atoms with E-state index in [1.165, 1.54) is 0 Å². The molecule has 3 aromatic rings. The quantitative estimate of drug-likeness (QED) is 0.532. The fourth-order valence-corrected chi connectivity index (χ4v) is 3.16. The number of carbonyl (C=O) groups is 1. The average molecular weight is 413 g/mol. The number of benzene rings is 1. The largest absolute Gasteiger partial charge is 0.493 e. The van der Waals surface area contributed by atoms with Crippen molar-refractivity contribution in [1.82, 2.24) is 24.9 Å². The molecular weight excluding hydrogens is 386 g/mol. The first-order valence-corrected chi connectivity index (χ1v) is 9.77. The predicted molar refractivity (Wildman–Crippen MR) is 110 cm³/mol. The molecule has 0 N–H and O–H groups in total. The van der Waals surface area contributed by atoms with E-state index in [4.69, 9.17) is 13.9 Å². The third kappa shape index (κ3) is 4.79. The van der Waals surface area contributed by atoms with Crippen LogP contribution in [-0.2, 0) is 24.3 Å². The van der Waals surface area contributed by atoms with E-state index in [9.17, 15) is 4.79 Å². The molecule has 3 rings (SSSR count). The molecule has 0 aliphatic heterocycles. The van der Waals surface area contributed by atoms with Gasteiger partial charge in [-0.05, 0) is 37.6 Å². The van der Waals surface area contributed by atoms with E-state index in [2.05, 4.69) is 15.3 Å². The molecule has 2 aromatic heterocycles. The van der Waals surface area contributed by atoms with Crippen LogP contribution in [0, 0.1) is 6.92 Å². The van der Waals surface area contributed by atoms with Gasteiger partial charge in [-0.15, -0.1) is 10.2 Å². The summed E-state index contributed by atoms with van der Waals surface area (Å²) in [6, 6.07) is 7.51. The molecule has 9 nitrogen and oxygen atoms in total. The van der Waals surface area contributed by atoms with Gasteiger partial charge in [-0.1, -0.05) is 6.07 Å². The summed E-state index contributed by atoms with van der Waals surface area (Å²) in [6.45, 7) is 5.09. The molecular formula is C21H27N5O4. The van der Waals surface area contributed by atoms with Crippen LogP contribution in [0.5, 0.6) is 11.5 Å². The molecule has 0 aliphatic carbocycles. The highest BCUT2D eigenvalue weighted by molar-refractivity contribution is 5.76. The minimum absolute atomic E-state index is 0.0148. The number of amides is 1. The molecule has 0 aliphatic rings. The molecule has 0 fully saturated rings. The molecule has 30 heavy (non-hydrogen) atoms. The highest BCUT2D eigenvalue weighted by Crippen LogP contribution is 2.28. The lowest BCUT2D eigenvalue weighted by molar-refractivity contribution is -0.130. The SMILES string of the molecule is CCn1nc(C)cc1-c1nnc(CCC(=O)N(C)Cc2ccc(OC)c(OC)c2)o1. The van der Waals surface area contributed by atoms with E-state index in [1.54, 1.807) is 26.2 Å². The maximum absolute atomic E-state index is 12.5. The Morgan fingerprint density at radius 1 is 1.17 bits per heavy atom. The molecule has 0 saturated carbocycles. The first-order valence-electron chi connectivity index (χ1n) is 9.77. The van der Waals surface area contributed by atoms with E-state index in [0.29, 0.717) is 42.8 Å². The molecule has 0 saturated heterocycles. The van der Waals surface area contributed by atoms with Crippen molar-refractivity contribution in [3.63, 3.8) is 0 Å². The lowest BCUT2D eigenvalue weighted by Crippen LogP contribution is -2.26. The number of ether oxygens (including phenoxy) is 2. The van der Waals surface area contributed by atoms with Crippen molar-refractivity contribution in [3.8, 4) is 23.1 Å². The summed E-state index contributed by atoms with van der Waals surface area (Å²) in [5.41, 5.74) is 2.62. The topological polar surface area (TPSA) is 95.5 Å². The van der Waals surface area contributed by atoms with Crippen molar-refractivity contribution < 1.29 is 18.7 Å². The van der Waals surface area contributed by atoms with E-state index < -0.39 is 0 Å². The number of hydrogen-bond acceptors (Lipinski definition) is 7. The van der Waals surface area contributed by atoms with Gasteiger partial charge in [0, 0.05) is 33.0 Å². The van der Waals surface area contributed by atoms with Crippen molar-refractivity contribution in [2.24, 2.45) is 0 Å². The third-order valence-electron chi connectivity index (χ3n) is 4.73. The molecule has 2 heterocycles. The Kier molecular flexibility index (Phi) is 6.71. The van der Waals surface area contributed by atoms with Crippen LogP contribution in [0.15, 0.2) is 28.7 Å². The van der Waals surface area contributed by atoms with Crippen LogP contribution < -0.4 is 9.47 Å². The normalized spacial score (nSPS) is 10.8. The number of rotatable bonds is 9. The maximum Gasteiger partial charge on any atom is 0.265 e. The zero-order valence-electron chi connectivity index (χ0n) is 18.0. The highest BCUT2D eigenvalue weighted by atomic mass is 16.5. The third-order valence-corrected chi connectivity index (χ3v) is 4.73. The molecule has 1 aromatic carbocycles. The van der Waals surface area contributed by atoms with Gasteiger partial charge in [0.25, 0.3) is 5.89 Å². The molecule has 0 atom stereocenters. The lowest BCUT2D eigenvalue weighted by atomic mass is 10.2. The van der Waals surface area contributed by atoms with Crippen molar-refractivity contribution in [1.29, 1.82) is 0 Å². The number of nitrogens with zero attached hydrogens (tertiary/aromatic N) is 5. The molecule has 0 radical (unpaired) electrons. The van der Waals surface area contributed by atoms with Crippen LogP contribution in [0.3, 0.4) is 0 Å².